The molecular weight excluding hydrogens is 636 g/mol. The Balaban J connectivity index is 1.39. The fourth-order valence-corrected chi connectivity index (χ4v) is 9.21. The molecule has 1 saturated carbocycles. The number of para-hydroxylation sites is 1. The molecule has 4 atom stereocenters. The van der Waals surface area contributed by atoms with Gasteiger partial charge >= 0.3 is 17.9 Å². The Kier molecular flexibility index (Phi) is 8.40. The quantitative estimate of drug-likeness (QED) is 0.368. The van der Waals surface area contributed by atoms with E-state index >= 15 is 0 Å². The highest BCUT2D eigenvalue weighted by Crippen LogP contribution is 2.48. The second-order valence-corrected chi connectivity index (χ2v) is 15.7. The minimum Gasteiger partial charge on any atom is -0.496 e. The van der Waals surface area contributed by atoms with Gasteiger partial charge in [0.2, 0.25) is 21.5 Å². The number of nitrogens with zero attached hydrogens (tertiary/aromatic N) is 4. The van der Waals surface area contributed by atoms with Crippen molar-refractivity contribution < 1.29 is 46.4 Å². The molecule has 1 aromatic carbocycles. The van der Waals surface area contributed by atoms with E-state index in [0.717, 1.165) is 4.90 Å². The van der Waals surface area contributed by atoms with E-state index in [4.69, 9.17) is 13.9 Å². The number of hydrogen-bond acceptors (Lipinski definition) is 10. The molecule has 1 saturated heterocycles. The fourth-order valence-electron chi connectivity index (χ4n) is 6.96. The third-order valence-electron chi connectivity index (χ3n) is 9.44. The third kappa shape index (κ3) is 5.56. The highest BCUT2D eigenvalue weighted by molar-refractivity contribution is 8.22. The van der Waals surface area contributed by atoms with Crippen molar-refractivity contribution in [1.29, 1.82) is 0 Å². The van der Waals surface area contributed by atoms with Crippen molar-refractivity contribution in [2.75, 3.05) is 33.0 Å². The van der Waals surface area contributed by atoms with Gasteiger partial charge in [0, 0.05) is 18.7 Å². The molecule has 4 unspecified atom stereocenters. The number of fused-ring (bicyclic) bond motifs is 2. The van der Waals surface area contributed by atoms with Crippen LogP contribution in [0.3, 0.4) is 0 Å². The molecule has 4 aliphatic rings. The van der Waals surface area contributed by atoms with Crippen LogP contribution >= 0.6 is 11.8 Å². The molecule has 13 nitrogen and oxygen atoms in total. The summed E-state index contributed by atoms with van der Waals surface area (Å²) < 4.78 is 45.3. The first kappa shape index (κ1) is 32.4. The number of thioether (sulfide) groups is 1. The average Bonchev–Trinajstić information content (AvgIpc) is 3.78. The topological polar surface area (TPSA) is 160 Å². The average molecular weight is 674 g/mol. The van der Waals surface area contributed by atoms with Gasteiger partial charge in [-0.25, -0.2) is 27.3 Å². The molecule has 2 aromatic rings. The highest BCUT2D eigenvalue weighted by atomic mass is 32.2. The van der Waals surface area contributed by atoms with E-state index in [2.05, 4.69) is 4.98 Å². The Labute approximate surface area is 271 Å². The van der Waals surface area contributed by atoms with E-state index in [0.29, 0.717) is 58.7 Å². The van der Waals surface area contributed by atoms with E-state index in [1.165, 1.54) is 53.2 Å². The molecule has 0 spiro atoms. The lowest BCUT2D eigenvalue weighted by Crippen LogP contribution is -2.63. The summed E-state index contributed by atoms with van der Waals surface area (Å²) in [6, 6.07) is 6.56. The van der Waals surface area contributed by atoms with Crippen LogP contribution in [0.4, 0.5) is 4.79 Å². The fraction of sp³-hybridized carbons (Fsp3) is 0.516. The van der Waals surface area contributed by atoms with Crippen molar-refractivity contribution in [2.45, 2.75) is 51.4 Å². The standard InChI is InChI=1S/C31H36N4O9S2/c1-17-24-27(36)35(31(2,3)29(37)38)30(39)34(28(24)45-25(17)26-32-10-11-43-26)16-23(21-8-6-7-9-22(21)42-4)44-20-12-18-14-33(46(5,40)41)15-19(18)13-20/h6-11,18-20,23-24H,12-16H2,1-5H3/p+1. The zero-order chi connectivity index (χ0) is 33.1. The number of benzene rings is 1. The summed E-state index contributed by atoms with van der Waals surface area (Å²) in [5.41, 5.74) is -0.555. The van der Waals surface area contributed by atoms with Crippen LogP contribution in [0.1, 0.15) is 51.2 Å². The predicted molar refractivity (Wildman–Crippen MR) is 168 cm³/mol. The molecule has 4 heterocycles. The Hall–Kier alpha value is -3.53. The Morgan fingerprint density at radius 1 is 1.22 bits per heavy atom. The van der Waals surface area contributed by atoms with Crippen molar-refractivity contribution in [1.82, 2.24) is 14.2 Å². The Morgan fingerprint density at radius 2 is 1.89 bits per heavy atom. The summed E-state index contributed by atoms with van der Waals surface area (Å²) in [5.74, 6) is -1.73. The number of carbonyl (C=O) groups is 3. The van der Waals surface area contributed by atoms with E-state index in [1.807, 2.05) is 18.2 Å². The molecule has 1 aromatic heterocycles. The van der Waals surface area contributed by atoms with Crippen LogP contribution in [-0.2, 0) is 24.3 Å². The number of carbonyl (C=O) groups excluding carboxylic acids is 2. The maximum atomic E-state index is 14.3. The Morgan fingerprint density at radius 3 is 2.48 bits per heavy atom. The summed E-state index contributed by atoms with van der Waals surface area (Å²) in [6.45, 7) is 5.27. The van der Waals surface area contributed by atoms with Crippen molar-refractivity contribution in [3.63, 3.8) is 0 Å². The van der Waals surface area contributed by atoms with E-state index < -0.39 is 45.5 Å². The number of aromatic nitrogens is 1. The number of sulfonamides is 1. The van der Waals surface area contributed by atoms with Crippen molar-refractivity contribution in [3.05, 3.63) is 53.8 Å². The number of imide groups is 1. The number of amides is 3. The predicted octanol–water partition coefficient (Wildman–Crippen LogP) is 3.44. The number of aliphatic carboxylic acids is 1. The van der Waals surface area contributed by atoms with Crippen LogP contribution in [0.5, 0.6) is 5.75 Å². The number of rotatable bonds is 10. The summed E-state index contributed by atoms with van der Waals surface area (Å²) in [4.78, 5) is 46.3. The van der Waals surface area contributed by atoms with Crippen LogP contribution in [0.25, 0.3) is 4.91 Å². The van der Waals surface area contributed by atoms with Crippen molar-refractivity contribution >= 4 is 49.6 Å². The summed E-state index contributed by atoms with van der Waals surface area (Å²) in [6.07, 6.45) is 4.49. The van der Waals surface area contributed by atoms with Crippen LogP contribution in [0.15, 0.2) is 46.7 Å². The maximum absolute atomic E-state index is 14.3. The number of carboxylic acid groups (broad SMARTS) is 1. The van der Waals surface area contributed by atoms with Gasteiger partial charge in [-0.05, 0) is 68.9 Å². The van der Waals surface area contributed by atoms with Gasteiger partial charge in [0.1, 0.15) is 24.7 Å². The first-order valence-electron chi connectivity index (χ1n) is 15.0. The number of oxazole rings is 1. The van der Waals surface area contributed by atoms with Crippen LogP contribution < -0.4 is 4.74 Å². The zero-order valence-electron chi connectivity index (χ0n) is 26.2. The molecular formula is C31H37N4O9S2+. The largest absolute Gasteiger partial charge is 0.502 e. The number of methoxy groups -OCH3 is 1. The molecule has 15 heteroatoms. The van der Waals surface area contributed by atoms with E-state index in [-0.39, 0.29) is 24.5 Å². The molecule has 0 radical (unpaired) electrons. The first-order valence-corrected chi connectivity index (χ1v) is 17.7. The lowest BCUT2D eigenvalue weighted by Gasteiger charge is -2.33. The van der Waals surface area contributed by atoms with E-state index in [1.54, 1.807) is 20.1 Å². The molecule has 46 heavy (non-hydrogen) atoms. The molecule has 246 valence electrons. The van der Waals surface area contributed by atoms with Gasteiger partial charge in [0.25, 0.3) is 0 Å². The molecule has 2 fully saturated rings. The first-order chi connectivity index (χ1) is 21.7. The third-order valence-corrected chi connectivity index (χ3v) is 12.0. The lowest BCUT2D eigenvalue weighted by molar-refractivity contribution is -0.454. The van der Waals surface area contributed by atoms with Crippen molar-refractivity contribution in [2.24, 2.45) is 17.8 Å². The zero-order valence-corrected chi connectivity index (χ0v) is 27.8. The summed E-state index contributed by atoms with van der Waals surface area (Å²) in [5, 5.41) is 10.5. The summed E-state index contributed by atoms with van der Waals surface area (Å²) in [7, 11) is -1.74. The van der Waals surface area contributed by atoms with Gasteiger partial charge in [0.05, 0.1) is 30.6 Å². The van der Waals surface area contributed by atoms with Gasteiger partial charge in [-0.1, -0.05) is 18.2 Å². The lowest BCUT2D eigenvalue weighted by atomic mass is 9.93. The van der Waals surface area contributed by atoms with Gasteiger partial charge < -0.3 is 19.0 Å². The van der Waals surface area contributed by atoms with Gasteiger partial charge in [0.15, 0.2) is 11.0 Å². The molecule has 6 rings (SSSR count). The monoisotopic (exact) mass is 673 g/mol. The van der Waals surface area contributed by atoms with Crippen LogP contribution in [0, 0.1) is 17.8 Å². The number of carboxylic acids is 1. The molecule has 0 bridgehead atoms. The number of ether oxygens (including phenoxy) is 2. The van der Waals surface area contributed by atoms with Gasteiger partial charge in [-0.2, -0.15) is 9.37 Å². The maximum Gasteiger partial charge on any atom is 0.502 e. The number of urea groups is 1. The normalized spacial score (nSPS) is 26.2. The molecule has 3 amide bonds. The van der Waals surface area contributed by atoms with Crippen LogP contribution in [-0.4, -0.2) is 99.9 Å². The van der Waals surface area contributed by atoms with Gasteiger partial charge in [-0.3, -0.25) is 0 Å². The SMILES string of the molecule is COc1ccccc1C(C[N+]1=C2SC(c3ncco3)=C(C)C2C(=O)N(C(C)(C)C(=O)O)C1=O)OC1CC2CN(S(C)(=O)=O)CC2C1. The minimum atomic E-state index is -3.29. The summed E-state index contributed by atoms with van der Waals surface area (Å²) >= 11 is 1.20. The number of hydrogen-bond donors (Lipinski definition) is 1. The molecule has 1 N–H and O–H groups in total. The highest BCUT2D eigenvalue weighted by Gasteiger charge is 2.60. The minimum absolute atomic E-state index is 0.0367. The van der Waals surface area contributed by atoms with E-state index in [9.17, 15) is 27.9 Å². The molecule has 1 aliphatic carbocycles. The Bertz CT molecular complexity index is 1740. The smallest absolute Gasteiger partial charge is 0.496 e. The second kappa shape index (κ2) is 11.9. The second-order valence-electron chi connectivity index (χ2n) is 12.7. The van der Waals surface area contributed by atoms with Gasteiger partial charge in [-0.15, -0.1) is 4.90 Å². The molecule has 3 aliphatic heterocycles. The van der Waals surface area contributed by atoms with Crippen LogP contribution in [0.2, 0.25) is 0 Å². The van der Waals surface area contributed by atoms with Crippen molar-refractivity contribution in [3.8, 4) is 5.75 Å².